The molecule has 5 heteroatoms. The van der Waals surface area contributed by atoms with E-state index < -0.39 is 0 Å². The Bertz CT molecular complexity index is 826. The highest BCUT2D eigenvalue weighted by atomic mass is 16.2. The number of benzene rings is 2. The van der Waals surface area contributed by atoms with Gasteiger partial charge in [0.2, 0.25) is 6.34 Å². The molecule has 2 aliphatic rings. The van der Waals surface area contributed by atoms with Gasteiger partial charge in [0.15, 0.2) is 0 Å². The molecule has 0 fully saturated rings. The maximum absolute atomic E-state index is 12.5. The van der Waals surface area contributed by atoms with Gasteiger partial charge >= 0.3 is 0 Å². The SMILES string of the molecule is O=C1c2ccccc2C(=O)N1CCC1CNC=[N+]1CCc1ccccc1. The third-order valence-electron chi connectivity index (χ3n) is 5.15. The number of hydrogen-bond acceptors (Lipinski definition) is 3. The Morgan fingerprint density at radius 1 is 0.962 bits per heavy atom. The van der Waals surface area contributed by atoms with Crippen molar-refractivity contribution in [2.45, 2.75) is 18.9 Å². The minimum absolute atomic E-state index is 0.170. The Morgan fingerprint density at radius 2 is 1.62 bits per heavy atom. The summed E-state index contributed by atoms with van der Waals surface area (Å²) in [6.07, 6.45) is 3.77. The van der Waals surface area contributed by atoms with E-state index in [2.05, 4.69) is 34.2 Å². The predicted octanol–water partition coefficient (Wildman–Crippen LogP) is 1.93. The molecule has 5 nitrogen and oxygen atoms in total. The van der Waals surface area contributed by atoms with Crippen molar-refractivity contribution < 1.29 is 14.2 Å². The van der Waals surface area contributed by atoms with E-state index in [1.807, 2.05) is 12.4 Å². The van der Waals surface area contributed by atoms with Crippen molar-refractivity contribution in [2.24, 2.45) is 0 Å². The minimum Gasteiger partial charge on any atom is -0.277 e. The highest BCUT2D eigenvalue weighted by Crippen LogP contribution is 2.23. The summed E-state index contributed by atoms with van der Waals surface area (Å²) >= 11 is 0. The molecule has 2 heterocycles. The van der Waals surface area contributed by atoms with Crippen LogP contribution in [0.2, 0.25) is 0 Å². The minimum atomic E-state index is -0.170. The average molecular weight is 348 g/mol. The molecule has 2 aromatic rings. The van der Waals surface area contributed by atoms with Crippen molar-refractivity contribution in [3.05, 3.63) is 71.3 Å². The molecule has 2 aliphatic heterocycles. The Kier molecular flexibility index (Phi) is 4.52. The molecule has 1 N–H and O–H groups in total. The Labute approximate surface area is 152 Å². The van der Waals surface area contributed by atoms with E-state index in [9.17, 15) is 9.59 Å². The van der Waals surface area contributed by atoms with Crippen LogP contribution in [0, 0.1) is 0 Å². The summed E-state index contributed by atoms with van der Waals surface area (Å²) in [5, 5.41) is 3.29. The van der Waals surface area contributed by atoms with Gasteiger partial charge in [-0.05, 0) is 17.7 Å². The molecule has 1 atom stereocenters. The van der Waals surface area contributed by atoms with E-state index in [-0.39, 0.29) is 11.8 Å². The highest BCUT2D eigenvalue weighted by molar-refractivity contribution is 6.21. The van der Waals surface area contributed by atoms with Gasteiger partial charge < -0.3 is 0 Å². The molecule has 0 aromatic heterocycles. The maximum Gasteiger partial charge on any atom is 0.261 e. The van der Waals surface area contributed by atoms with Gasteiger partial charge in [0.1, 0.15) is 12.6 Å². The lowest BCUT2D eigenvalue weighted by Gasteiger charge is -2.17. The molecule has 0 bridgehead atoms. The second-order valence-electron chi connectivity index (χ2n) is 6.76. The zero-order valence-corrected chi connectivity index (χ0v) is 14.6. The summed E-state index contributed by atoms with van der Waals surface area (Å²) < 4.78 is 2.28. The Morgan fingerprint density at radius 3 is 2.31 bits per heavy atom. The van der Waals surface area contributed by atoms with Crippen molar-refractivity contribution in [2.75, 3.05) is 19.6 Å². The molecular weight excluding hydrogens is 326 g/mol. The van der Waals surface area contributed by atoms with E-state index in [0.717, 1.165) is 25.9 Å². The standard InChI is InChI=1S/C21H21N3O2/c25-20-18-8-4-5-9-19(18)21(26)24(20)13-11-17-14-22-15-23(17)12-10-16-6-2-1-3-7-16/h1-9,15,17H,10-14H2/p+1. The second-order valence-corrected chi connectivity index (χ2v) is 6.76. The van der Waals surface area contributed by atoms with Gasteiger partial charge in [0.05, 0.1) is 17.7 Å². The van der Waals surface area contributed by atoms with Gasteiger partial charge in [-0.1, -0.05) is 42.5 Å². The predicted molar refractivity (Wildman–Crippen MR) is 99.6 cm³/mol. The van der Waals surface area contributed by atoms with Crippen LogP contribution in [0.15, 0.2) is 54.6 Å². The molecule has 2 aromatic carbocycles. The third kappa shape index (κ3) is 3.12. The van der Waals surface area contributed by atoms with Crippen LogP contribution in [0.5, 0.6) is 0 Å². The van der Waals surface area contributed by atoms with E-state index in [4.69, 9.17) is 0 Å². The molecule has 26 heavy (non-hydrogen) atoms. The molecule has 0 spiro atoms. The molecule has 4 rings (SSSR count). The smallest absolute Gasteiger partial charge is 0.261 e. The van der Waals surface area contributed by atoms with Gasteiger partial charge in [-0.25, -0.2) is 0 Å². The highest BCUT2D eigenvalue weighted by Gasteiger charge is 2.36. The number of nitrogens with one attached hydrogen (secondary N) is 1. The molecule has 2 amide bonds. The van der Waals surface area contributed by atoms with E-state index in [1.54, 1.807) is 24.3 Å². The van der Waals surface area contributed by atoms with Crippen LogP contribution in [0.4, 0.5) is 0 Å². The Hall–Kier alpha value is -2.95. The quantitative estimate of drug-likeness (QED) is 0.641. The van der Waals surface area contributed by atoms with Crippen molar-refractivity contribution in [3.63, 3.8) is 0 Å². The summed E-state index contributed by atoms with van der Waals surface area (Å²) in [5.41, 5.74) is 2.36. The topological polar surface area (TPSA) is 52.4 Å². The largest absolute Gasteiger partial charge is 0.277 e. The van der Waals surface area contributed by atoms with Gasteiger partial charge in [0.25, 0.3) is 11.8 Å². The van der Waals surface area contributed by atoms with Gasteiger partial charge in [-0.15, -0.1) is 0 Å². The van der Waals surface area contributed by atoms with Crippen LogP contribution in [-0.2, 0) is 6.42 Å². The number of imide groups is 1. The van der Waals surface area contributed by atoms with E-state index in [0.29, 0.717) is 23.7 Å². The van der Waals surface area contributed by atoms with Crippen LogP contribution < -0.4 is 5.32 Å². The number of hydrogen-bond donors (Lipinski definition) is 1. The summed E-state index contributed by atoms with van der Waals surface area (Å²) in [6.45, 7) is 2.22. The monoisotopic (exact) mass is 348 g/mol. The molecule has 1 unspecified atom stereocenters. The fraction of sp³-hybridized carbons (Fsp3) is 0.286. The second kappa shape index (κ2) is 7.12. The number of rotatable bonds is 6. The van der Waals surface area contributed by atoms with Crippen LogP contribution in [-0.4, -0.2) is 53.3 Å². The van der Waals surface area contributed by atoms with E-state index >= 15 is 0 Å². The van der Waals surface area contributed by atoms with Gasteiger partial charge in [-0.2, -0.15) is 0 Å². The first-order valence-electron chi connectivity index (χ1n) is 9.05. The summed E-state index contributed by atoms with van der Waals surface area (Å²) in [5.74, 6) is -0.340. The number of nitrogens with zero attached hydrogens (tertiary/aromatic N) is 2. The molecule has 132 valence electrons. The average Bonchev–Trinajstić information content (AvgIpc) is 3.23. The lowest BCUT2D eigenvalue weighted by atomic mass is 10.1. The maximum atomic E-state index is 12.5. The van der Waals surface area contributed by atoms with Crippen molar-refractivity contribution in [1.82, 2.24) is 10.2 Å². The van der Waals surface area contributed by atoms with Crippen LogP contribution in [0.25, 0.3) is 0 Å². The zero-order chi connectivity index (χ0) is 17.9. The molecule has 0 radical (unpaired) electrons. The lowest BCUT2D eigenvalue weighted by molar-refractivity contribution is -0.552. The van der Waals surface area contributed by atoms with Crippen LogP contribution in [0.1, 0.15) is 32.7 Å². The first-order valence-corrected chi connectivity index (χ1v) is 9.05. The van der Waals surface area contributed by atoms with Gasteiger partial charge in [-0.3, -0.25) is 24.4 Å². The Balaban J connectivity index is 1.35. The fourth-order valence-electron chi connectivity index (χ4n) is 3.67. The fourth-order valence-corrected chi connectivity index (χ4v) is 3.67. The summed E-state index contributed by atoms with van der Waals surface area (Å²) in [6, 6.07) is 17.8. The van der Waals surface area contributed by atoms with Gasteiger partial charge in [0, 0.05) is 19.4 Å². The first-order chi connectivity index (χ1) is 12.7. The number of carbonyl (C=O) groups excluding carboxylic acids is 2. The molecule has 0 aliphatic carbocycles. The van der Waals surface area contributed by atoms with Crippen molar-refractivity contribution >= 4 is 18.2 Å². The van der Waals surface area contributed by atoms with Crippen molar-refractivity contribution in [3.8, 4) is 0 Å². The normalized spacial score (nSPS) is 18.7. The molecule has 0 saturated carbocycles. The molecule has 0 saturated heterocycles. The van der Waals surface area contributed by atoms with E-state index in [1.165, 1.54) is 10.5 Å². The zero-order valence-electron chi connectivity index (χ0n) is 14.6. The summed E-state index contributed by atoms with van der Waals surface area (Å²) in [4.78, 5) is 26.3. The lowest BCUT2D eigenvalue weighted by Crippen LogP contribution is -2.36. The number of carbonyl (C=O) groups is 2. The molecular formula is C21H22N3O2+. The number of fused-ring (bicyclic) bond motifs is 1. The third-order valence-corrected chi connectivity index (χ3v) is 5.15. The first kappa shape index (κ1) is 16.5. The van der Waals surface area contributed by atoms with Crippen LogP contribution in [0.3, 0.4) is 0 Å². The summed E-state index contributed by atoms with van der Waals surface area (Å²) in [7, 11) is 0. The number of amides is 2. The van der Waals surface area contributed by atoms with Crippen molar-refractivity contribution in [1.29, 1.82) is 0 Å². The van der Waals surface area contributed by atoms with Crippen LogP contribution >= 0.6 is 0 Å².